The molecule has 0 aromatic heterocycles. The van der Waals surface area contributed by atoms with E-state index < -0.39 is 0 Å². The summed E-state index contributed by atoms with van der Waals surface area (Å²) in [5.41, 5.74) is 3.90. The van der Waals surface area contributed by atoms with E-state index in [9.17, 15) is 4.79 Å². The van der Waals surface area contributed by atoms with Crippen LogP contribution in [0.4, 0.5) is 0 Å². The maximum atomic E-state index is 12.8. The van der Waals surface area contributed by atoms with Crippen molar-refractivity contribution in [2.24, 2.45) is 0 Å². The minimum atomic E-state index is -0.0433. The number of allylic oxidation sites excluding steroid dienone is 1. The maximum absolute atomic E-state index is 12.8. The third-order valence-corrected chi connectivity index (χ3v) is 4.15. The molecule has 0 atom stereocenters. The molecule has 0 aliphatic carbocycles. The van der Waals surface area contributed by atoms with Crippen molar-refractivity contribution in [2.75, 3.05) is 41.3 Å². The van der Waals surface area contributed by atoms with Crippen LogP contribution in [-0.4, -0.2) is 56.9 Å². The molecule has 0 N–H and O–H groups in total. The van der Waals surface area contributed by atoms with Gasteiger partial charge in [-0.05, 0) is 64.5 Å². The fourth-order valence-corrected chi connectivity index (χ4v) is 2.74. The van der Waals surface area contributed by atoms with Crippen LogP contribution in [0.15, 0.2) is 48.5 Å². The van der Waals surface area contributed by atoms with Crippen molar-refractivity contribution in [3.8, 4) is 5.75 Å². The summed E-state index contributed by atoms with van der Waals surface area (Å²) in [5, 5.41) is 0. The third-order valence-electron chi connectivity index (χ3n) is 4.15. The Bertz CT molecular complexity index is 795. The molecule has 0 amide bonds. The normalized spacial score (nSPS) is 11.5. The Kier molecular flexibility index (Phi) is 7.77. The number of hydrogen-bond acceptors (Lipinski definition) is 4. The first-order chi connectivity index (χ1) is 12.9. The summed E-state index contributed by atoms with van der Waals surface area (Å²) >= 11 is 0. The number of ketones is 1. The highest BCUT2D eigenvalue weighted by atomic mass is 16.5. The molecule has 0 saturated carbocycles. The lowest BCUT2D eigenvalue weighted by molar-refractivity contribution is 0.104. The van der Waals surface area contributed by atoms with Gasteiger partial charge in [0.2, 0.25) is 0 Å². The number of ether oxygens (including phenoxy) is 1. The second-order valence-electron chi connectivity index (χ2n) is 7.29. The van der Waals surface area contributed by atoms with Crippen molar-refractivity contribution >= 4 is 11.9 Å². The number of carbonyl (C=O) groups is 1. The largest absolute Gasteiger partial charge is 0.491 e. The van der Waals surface area contributed by atoms with Crippen LogP contribution in [0.1, 0.15) is 27.0 Å². The van der Waals surface area contributed by atoms with Crippen molar-refractivity contribution < 1.29 is 9.53 Å². The van der Waals surface area contributed by atoms with E-state index in [1.165, 1.54) is 5.56 Å². The highest BCUT2D eigenvalue weighted by Crippen LogP contribution is 2.22. The fraction of sp³-hybridized carbons (Fsp3) is 0.348. The van der Waals surface area contributed by atoms with E-state index in [1.807, 2.05) is 77.6 Å². The van der Waals surface area contributed by atoms with Crippen molar-refractivity contribution in [1.82, 2.24) is 9.80 Å². The van der Waals surface area contributed by atoms with Crippen molar-refractivity contribution in [3.63, 3.8) is 0 Å². The van der Waals surface area contributed by atoms with Crippen LogP contribution in [-0.2, 0) is 6.54 Å². The average molecular weight is 367 g/mol. The first-order valence-electron chi connectivity index (χ1n) is 9.20. The molecule has 0 spiro atoms. The predicted molar refractivity (Wildman–Crippen MR) is 112 cm³/mol. The van der Waals surface area contributed by atoms with Gasteiger partial charge in [-0.15, -0.1) is 0 Å². The van der Waals surface area contributed by atoms with Crippen molar-refractivity contribution in [2.45, 2.75) is 13.5 Å². The first kappa shape index (κ1) is 20.9. The van der Waals surface area contributed by atoms with E-state index in [2.05, 4.69) is 15.9 Å². The molecule has 144 valence electrons. The summed E-state index contributed by atoms with van der Waals surface area (Å²) in [6, 6.07) is 13.9. The Morgan fingerprint density at radius 2 is 1.78 bits per heavy atom. The molecule has 4 nitrogen and oxygen atoms in total. The Morgan fingerprint density at radius 3 is 2.48 bits per heavy atom. The van der Waals surface area contributed by atoms with Crippen LogP contribution in [0.25, 0.3) is 6.08 Å². The van der Waals surface area contributed by atoms with Gasteiger partial charge in [0.1, 0.15) is 12.4 Å². The standard InChI is InChI=1S/C23H30N2O2/c1-18-10-13-23(27-15-14-24(2)3)21(16-18)22(26)12-11-19-8-6-7-9-20(19)17-25(4)5/h6-13,16H,14-15,17H2,1-5H3. The van der Waals surface area contributed by atoms with Crippen molar-refractivity contribution in [3.05, 3.63) is 70.8 Å². The van der Waals surface area contributed by atoms with Crippen molar-refractivity contribution in [1.29, 1.82) is 0 Å². The van der Waals surface area contributed by atoms with Gasteiger partial charge in [0.15, 0.2) is 5.78 Å². The predicted octanol–water partition coefficient (Wildman–Crippen LogP) is 3.89. The SMILES string of the molecule is Cc1ccc(OCCN(C)C)c(C(=O)C=Cc2ccccc2CN(C)C)c1. The summed E-state index contributed by atoms with van der Waals surface area (Å²) in [4.78, 5) is 17.0. The van der Waals surface area contributed by atoms with Gasteiger partial charge in [0, 0.05) is 13.1 Å². The summed E-state index contributed by atoms with van der Waals surface area (Å²) < 4.78 is 5.85. The minimum absolute atomic E-state index is 0.0433. The van der Waals surface area contributed by atoms with Crippen LogP contribution >= 0.6 is 0 Å². The molecule has 0 aliphatic rings. The molecule has 0 aliphatic heterocycles. The van der Waals surface area contributed by atoms with E-state index in [4.69, 9.17) is 4.74 Å². The summed E-state index contributed by atoms with van der Waals surface area (Å²) in [6.45, 7) is 4.16. The van der Waals surface area contributed by atoms with Gasteiger partial charge in [0.25, 0.3) is 0 Å². The number of likely N-dealkylation sites (N-methyl/N-ethyl adjacent to an activating group) is 1. The molecule has 2 aromatic carbocycles. The minimum Gasteiger partial charge on any atom is -0.491 e. The number of benzene rings is 2. The first-order valence-corrected chi connectivity index (χ1v) is 9.20. The van der Waals surface area contributed by atoms with E-state index in [1.54, 1.807) is 6.08 Å². The molecule has 0 unspecified atom stereocenters. The zero-order valence-electron chi connectivity index (χ0n) is 17.0. The van der Waals surface area contributed by atoms with Gasteiger partial charge in [-0.25, -0.2) is 0 Å². The van der Waals surface area contributed by atoms with Crippen LogP contribution in [0.2, 0.25) is 0 Å². The molecule has 0 radical (unpaired) electrons. The van der Waals surface area contributed by atoms with E-state index >= 15 is 0 Å². The van der Waals surface area contributed by atoms with Crippen LogP contribution < -0.4 is 4.74 Å². The Labute approximate surface area is 163 Å². The molecule has 0 saturated heterocycles. The average Bonchev–Trinajstić information content (AvgIpc) is 2.61. The molecule has 0 heterocycles. The highest BCUT2D eigenvalue weighted by Gasteiger charge is 2.11. The van der Waals surface area contributed by atoms with Gasteiger partial charge in [0.05, 0.1) is 5.56 Å². The number of carbonyl (C=O) groups excluding carboxylic acids is 1. The lowest BCUT2D eigenvalue weighted by atomic mass is 10.0. The summed E-state index contributed by atoms with van der Waals surface area (Å²) in [6.07, 6.45) is 3.54. The van der Waals surface area contributed by atoms with Crippen LogP contribution in [0, 0.1) is 6.92 Å². The Balaban J connectivity index is 2.20. The zero-order valence-corrected chi connectivity index (χ0v) is 17.0. The molecular weight excluding hydrogens is 336 g/mol. The lowest BCUT2D eigenvalue weighted by Gasteiger charge is -2.14. The molecule has 2 aromatic rings. The maximum Gasteiger partial charge on any atom is 0.189 e. The number of rotatable bonds is 9. The fourth-order valence-electron chi connectivity index (χ4n) is 2.74. The second kappa shape index (κ2) is 10.0. The van der Waals surface area contributed by atoms with Crippen LogP contribution in [0.3, 0.4) is 0 Å². The van der Waals surface area contributed by atoms with Gasteiger partial charge >= 0.3 is 0 Å². The van der Waals surface area contributed by atoms with Gasteiger partial charge < -0.3 is 14.5 Å². The Hall–Kier alpha value is -2.43. The number of nitrogens with zero attached hydrogens (tertiary/aromatic N) is 2. The monoisotopic (exact) mass is 366 g/mol. The molecule has 0 bridgehead atoms. The third kappa shape index (κ3) is 6.66. The lowest BCUT2D eigenvalue weighted by Crippen LogP contribution is -2.20. The topological polar surface area (TPSA) is 32.8 Å². The molecular formula is C23H30N2O2. The van der Waals surface area contributed by atoms with E-state index in [-0.39, 0.29) is 5.78 Å². The molecule has 2 rings (SSSR count). The van der Waals surface area contributed by atoms with E-state index in [0.717, 1.165) is 24.2 Å². The highest BCUT2D eigenvalue weighted by molar-refractivity contribution is 6.08. The number of aryl methyl sites for hydroxylation is 1. The van der Waals surface area contributed by atoms with Gasteiger partial charge in [-0.3, -0.25) is 4.79 Å². The molecule has 4 heteroatoms. The zero-order chi connectivity index (χ0) is 19.8. The molecule has 27 heavy (non-hydrogen) atoms. The second-order valence-corrected chi connectivity index (χ2v) is 7.29. The number of hydrogen-bond donors (Lipinski definition) is 0. The Morgan fingerprint density at radius 1 is 1.04 bits per heavy atom. The van der Waals surface area contributed by atoms with Gasteiger partial charge in [-0.1, -0.05) is 42.0 Å². The smallest absolute Gasteiger partial charge is 0.189 e. The van der Waals surface area contributed by atoms with Gasteiger partial charge in [-0.2, -0.15) is 0 Å². The quantitative estimate of drug-likeness (QED) is 0.498. The van der Waals surface area contributed by atoms with Crippen LogP contribution in [0.5, 0.6) is 5.75 Å². The summed E-state index contributed by atoms with van der Waals surface area (Å²) in [7, 11) is 8.07. The molecule has 0 fully saturated rings. The van der Waals surface area contributed by atoms with E-state index in [0.29, 0.717) is 17.9 Å². The summed E-state index contributed by atoms with van der Waals surface area (Å²) in [5.74, 6) is 0.594.